The first-order valence-corrected chi connectivity index (χ1v) is 7.02. The highest BCUT2D eigenvalue weighted by molar-refractivity contribution is 4.90. The highest BCUT2D eigenvalue weighted by Gasteiger charge is 2.33. The summed E-state index contributed by atoms with van der Waals surface area (Å²) in [6.07, 6.45) is 2.36. The summed E-state index contributed by atoms with van der Waals surface area (Å²) in [6, 6.07) is 0.625. The minimum absolute atomic E-state index is 0.321. The first kappa shape index (κ1) is 14.9. The van der Waals surface area contributed by atoms with E-state index in [4.69, 9.17) is 5.73 Å². The van der Waals surface area contributed by atoms with Gasteiger partial charge in [0.25, 0.3) is 0 Å². The van der Waals surface area contributed by atoms with Gasteiger partial charge >= 0.3 is 0 Å². The van der Waals surface area contributed by atoms with E-state index in [-0.39, 0.29) is 0 Å². The maximum atomic E-state index is 5.74. The number of nitrogens with zero attached hydrogens (tertiary/aromatic N) is 2. The standard InChI is InChI=1S/C14H31N3/c1-12(2)10-17-11-13(6-8-15)16(5)9-7-14(17,3)4/h12-13H,6-11,15H2,1-5H3. The zero-order valence-corrected chi connectivity index (χ0v) is 12.4. The van der Waals surface area contributed by atoms with E-state index in [0.29, 0.717) is 11.6 Å². The highest BCUT2D eigenvalue weighted by Crippen LogP contribution is 2.26. The van der Waals surface area contributed by atoms with Crippen LogP contribution in [0.1, 0.15) is 40.5 Å². The van der Waals surface area contributed by atoms with Gasteiger partial charge in [-0.3, -0.25) is 4.90 Å². The Kier molecular flexibility index (Phi) is 5.42. The van der Waals surface area contributed by atoms with Crippen molar-refractivity contribution in [2.75, 3.05) is 33.2 Å². The van der Waals surface area contributed by atoms with Crippen LogP contribution in [0.5, 0.6) is 0 Å². The fraction of sp³-hybridized carbons (Fsp3) is 1.00. The molecule has 3 nitrogen and oxygen atoms in total. The van der Waals surface area contributed by atoms with Gasteiger partial charge < -0.3 is 10.6 Å². The van der Waals surface area contributed by atoms with E-state index in [9.17, 15) is 0 Å². The molecule has 1 aliphatic heterocycles. The van der Waals surface area contributed by atoms with Crippen LogP contribution in [-0.4, -0.2) is 54.6 Å². The fourth-order valence-electron chi connectivity index (χ4n) is 2.70. The van der Waals surface area contributed by atoms with Crippen LogP contribution in [0, 0.1) is 5.92 Å². The van der Waals surface area contributed by atoms with Gasteiger partial charge in [0.2, 0.25) is 0 Å². The van der Waals surface area contributed by atoms with Gasteiger partial charge in [-0.25, -0.2) is 0 Å². The number of rotatable bonds is 4. The van der Waals surface area contributed by atoms with Crippen molar-refractivity contribution in [3.05, 3.63) is 0 Å². The van der Waals surface area contributed by atoms with Crippen molar-refractivity contribution >= 4 is 0 Å². The minimum atomic E-state index is 0.321. The van der Waals surface area contributed by atoms with Crippen LogP contribution in [0.15, 0.2) is 0 Å². The molecule has 102 valence electrons. The lowest BCUT2D eigenvalue weighted by Gasteiger charge is -2.39. The van der Waals surface area contributed by atoms with E-state index in [1.807, 2.05) is 0 Å². The Bertz CT molecular complexity index is 226. The molecule has 0 aromatic rings. The highest BCUT2D eigenvalue weighted by atomic mass is 15.3. The van der Waals surface area contributed by atoms with E-state index in [2.05, 4.69) is 44.5 Å². The van der Waals surface area contributed by atoms with Gasteiger partial charge in [-0.15, -0.1) is 0 Å². The lowest BCUT2D eigenvalue weighted by molar-refractivity contribution is 0.0988. The van der Waals surface area contributed by atoms with Crippen LogP contribution < -0.4 is 5.73 Å². The van der Waals surface area contributed by atoms with E-state index >= 15 is 0 Å². The molecule has 0 saturated carbocycles. The van der Waals surface area contributed by atoms with E-state index in [1.165, 1.54) is 26.1 Å². The molecule has 1 atom stereocenters. The number of nitrogens with two attached hydrogens (primary N) is 1. The predicted molar refractivity (Wildman–Crippen MR) is 75.2 cm³/mol. The molecule has 0 radical (unpaired) electrons. The SMILES string of the molecule is CC(C)CN1CC(CCN)N(C)CCC1(C)C. The molecule has 1 rings (SSSR count). The molecular weight excluding hydrogens is 210 g/mol. The molecular formula is C14H31N3. The average molecular weight is 241 g/mol. The third-order valence-corrected chi connectivity index (χ3v) is 4.07. The third kappa shape index (κ3) is 4.23. The van der Waals surface area contributed by atoms with Gasteiger partial charge in [0.05, 0.1) is 0 Å². The molecule has 1 fully saturated rings. The van der Waals surface area contributed by atoms with Crippen molar-refractivity contribution in [1.82, 2.24) is 9.80 Å². The summed E-state index contributed by atoms with van der Waals surface area (Å²) in [5.74, 6) is 0.733. The first-order valence-electron chi connectivity index (χ1n) is 7.02. The minimum Gasteiger partial charge on any atom is -0.330 e. The Morgan fingerprint density at radius 3 is 2.53 bits per heavy atom. The summed E-state index contributed by atoms with van der Waals surface area (Å²) < 4.78 is 0. The summed E-state index contributed by atoms with van der Waals surface area (Å²) in [7, 11) is 2.25. The van der Waals surface area contributed by atoms with Gasteiger partial charge in [0, 0.05) is 24.7 Å². The van der Waals surface area contributed by atoms with Crippen molar-refractivity contribution in [2.24, 2.45) is 11.7 Å². The normalized spacial score (nSPS) is 27.4. The lowest BCUT2D eigenvalue weighted by atomic mass is 9.97. The summed E-state index contributed by atoms with van der Waals surface area (Å²) in [4.78, 5) is 5.16. The Hall–Kier alpha value is -0.120. The zero-order chi connectivity index (χ0) is 13.1. The average Bonchev–Trinajstić information content (AvgIpc) is 2.31. The third-order valence-electron chi connectivity index (χ3n) is 4.07. The largest absolute Gasteiger partial charge is 0.330 e. The van der Waals surface area contributed by atoms with Crippen molar-refractivity contribution in [3.63, 3.8) is 0 Å². The molecule has 1 heterocycles. The number of likely N-dealkylation sites (N-methyl/N-ethyl adjacent to an activating group) is 1. The molecule has 17 heavy (non-hydrogen) atoms. The topological polar surface area (TPSA) is 32.5 Å². The van der Waals surface area contributed by atoms with Gasteiger partial charge in [-0.1, -0.05) is 13.8 Å². The maximum Gasteiger partial charge on any atom is 0.0232 e. The van der Waals surface area contributed by atoms with Gasteiger partial charge in [-0.05, 0) is 52.7 Å². The smallest absolute Gasteiger partial charge is 0.0232 e. The molecule has 1 unspecified atom stereocenters. The Balaban J connectivity index is 2.75. The van der Waals surface area contributed by atoms with Crippen LogP contribution >= 0.6 is 0 Å². The van der Waals surface area contributed by atoms with Crippen LogP contribution in [-0.2, 0) is 0 Å². The molecule has 1 aliphatic rings. The molecule has 0 bridgehead atoms. The van der Waals surface area contributed by atoms with Gasteiger partial charge in [0.15, 0.2) is 0 Å². The van der Waals surface area contributed by atoms with Crippen LogP contribution in [0.2, 0.25) is 0 Å². The zero-order valence-electron chi connectivity index (χ0n) is 12.4. The van der Waals surface area contributed by atoms with Crippen molar-refractivity contribution in [3.8, 4) is 0 Å². The quantitative estimate of drug-likeness (QED) is 0.814. The predicted octanol–water partition coefficient (Wildman–Crippen LogP) is 1.78. The molecule has 0 aliphatic carbocycles. The number of hydrogen-bond acceptors (Lipinski definition) is 3. The molecule has 0 spiro atoms. The molecule has 2 N–H and O–H groups in total. The van der Waals surface area contributed by atoms with Gasteiger partial charge in [-0.2, -0.15) is 0 Å². The summed E-state index contributed by atoms with van der Waals surface area (Å²) in [6.45, 7) is 13.7. The second-order valence-electron chi connectivity index (χ2n) is 6.57. The van der Waals surface area contributed by atoms with Crippen molar-refractivity contribution in [2.45, 2.75) is 52.1 Å². The summed E-state index contributed by atoms with van der Waals surface area (Å²) in [5, 5.41) is 0. The maximum absolute atomic E-state index is 5.74. The second kappa shape index (κ2) is 6.17. The Labute approximate surface area is 107 Å². The summed E-state index contributed by atoms with van der Waals surface area (Å²) in [5.41, 5.74) is 6.06. The molecule has 0 aromatic carbocycles. The van der Waals surface area contributed by atoms with E-state index < -0.39 is 0 Å². The van der Waals surface area contributed by atoms with Crippen LogP contribution in [0.25, 0.3) is 0 Å². The second-order valence-corrected chi connectivity index (χ2v) is 6.57. The monoisotopic (exact) mass is 241 g/mol. The van der Waals surface area contributed by atoms with Crippen molar-refractivity contribution in [1.29, 1.82) is 0 Å². The Morgan fingerprint density at radius 2 is 2.00 bits per heavy atom. The van der Waals surface area contributed by atoms with E-state index in [0.717, 1.165) is 18.9 Å². The molecule has 0 amide bonds. The molecule has 3 heteroatoms. The van der Waals surface area contributed by atoms with Crippen molar-refractivity contribution < 1.29 is 0 Å². The van der Waals surface area contributed by atoms with Gasteiger partial charge in [0.1, 0.15) is 0 Å². The molecule has 1 saturated heterocycles. The summed E-state index contributed by atoms with van der Waals surface area (Å²) >= 11 is 0. The van der Waals surface area contributed by atoms with E-state index in [1.54, 1.807) is 0 Å². The molecule has 0 aromatic heterocycles. The van der Waals surface area contributed by atoms with Crippen LogP contribution in [0.3, 0.4) is 0 Å². The Morgan fingerprint density at radius 1 is 1.35 bits per heavy atom. The fourth-order valence-corrected chi connectivity index (χ4v) is 2.70. The lowest BCUT2D eigenvalue weighted by Crippen LogP contribution is -2.48. The van der Waals surface area contributed by atoms with Crippen LogP contribution in [0.4, 0.5) is 0 Å². The first-order chi connectivity index (χ1) is 7.86. The number of hydrogen-bond donors (Lipinski definition) is 1.